The van der Waals surface area contributed by atoms with Crippen molar-refractivity contribution < 1.29 is 19.1 Å². The van der Waals surface area contributed by atoms with Crippen molar-refractivity contribution in [2.75, 3.05) is 18.0 Å². The molecule has 1 aromatic rings. The molecule has 168 valence electrons. The van der Waals surface area contributed by atoms with Crippen LogP contribution in [-0.2, 0) is 9.59 Å². The predicted molar refractivity (Wildman–Crippen MR) is 113 cm³/mol. The molecule has 8 heteroatoms. The Hall–Kier alpha value is -2.22. The van der Waals surface area contributed by atoms with Crippen LogP contribution in [-0.4, -0.2) is 64.1 Å². The fourth-order valence-corrected chi connectivity index (χ4v) is 5.69. The number of aliphatic hydroxyl groups is 1. The number of nitrogens with one attached hydrogen (secondary N) is 1. The number of piperidine rings is 2. The van der Waals surface area contributed by atoms with Gasteiger partial charge in [-0.25, -0.2) is 9.37 Å². The monoisotopic (exact) mass is 430 g/mol. The highest BCUT2D eigenvalue weighted by atomic mass is 19.1. The molecule has 3 heterocycles. The van der Waals surface area contributed by atoms with Crippen LogP contribution >= 0.6 is 0 Å². The Bertz CT molecular complexity index is 827. The van der Waals surface area contributed by atoms with Crippen molar-refractivity contribution in [1.82, 2.24) is 15.2 Å². The highest BCUT2D eigenvalue weighted by Crippen LogP contribution is 2.49. The Balaban J connectivity index is 1.20. The molecule has 2 aliphatic heterocycles. The summed E-state index contributed by atoms with van der Waals surface area (Å²) in [7, 11) is 0. The smallest absolute Gasteiger partial charge is 0.243 e. The zero-order valence-corrected chi connectivity index (χ0v) is 17.8. The van der Waals surface area contributed by atoms with Gasteiger partial charge < -0.3 is 20.2 Å². The summed E-state index contributed by atoms with van der Waals surface area (Å²) in [6, 6.07) is 2.69. The molecule has 2 aliphatic carbocycles. The normalized spacial score (nSPS) is 33.2. The van der Waals surface area contributed by atoms with Gasteiger partial charge in [-0.15, -0.1) is 0 Å². The number of fused-ring (bicyclic) bond motifs is 1. The summed E-state index contributed by atoms with van der Waals surface area (Å²) in [5, 5.41) is 13.3. The van der Waals surface area contributed by atoms with Gasteiger partial charge in [-0.1, -0.05) is 12.8 Å². The van der Waals surface area contributed by atoms with Crippen molar-refractivity contribution >= 4 is 17.6 Å². The molecule has 7 nitrogen and oxygen atoms in total. The zero-order valence-electron chi connectivity index (χ0n) is 17.8. The summed E-state index contributed by atoms with van der Waals surface area (Å²) >= 11 is 0. The van der Waals surface area contributed by atoms with Crippen molar-refractivity contribution in [3.05, 3.63) is 24.1 Å². The quantitative estimate of drug-likeness (QED) is 0.762. The minimum atomic E-state index is -0.484. The molecule has 0 unspecified atom stereocenters. The summed E-state index contributed by atoms with van der Waals surface area (Å²) in [4.78, 5) is 34.5. The third-order valence-corrected chi connectivity index (χ3v) is 7.60. The number of amides is 2. The topological polar surface area (TPSA) is 85.8 Å². The van der Waals surface area contributed by atoms with E-state index in [1.807, 2.05) is 4.90 Å². The van der Waals surface area contributed by atoms with Crippen LogP contribution in [0.1, 0.15) is 51.4 Å². The van der Waals surface area contributed by atoms with Crippen LogP contribution in [0.3, 0.4) is 0 Å². The molecule has 2 N–H and O–H groups in total. The number of hydrogen-bond acceptors (Lipinski definition) is 5. The van der Waals surface area contributed by atoms with Crippen LogP contribution in [0.5, 0.6) is 0 Å². The average molecular weight is 431 g/mol. The molecule has 2 saturated heterocycles. The molecule has 4 fully saturated rings. The lowest BCUT2D eigenvalue weighted by atomic mass is 9.92. The first kappa shape index (κ1) is 20.7. The van der Waals surface area contributed by atoms with E-state index in [4.69, 9.17) is 0 Å². The van der Waals surface area contributed by atoms with E-state index < -0.39 is 12.1 Å². The van der Waals surface area contributed by atoms with E-state index in [2.05, 4.69) is 15.2 Å². The second-order valence-corrected chi connectivity index (χ2v) is 9.62. The van der Waals surface area contributed by atoms with Crippen LogP contribution in [0.2, 0.25) is 0 Å². The predicted octanol–water partition coefficient (Wildman–Crippen LogP) is 1.85. The third-order valence-electron chi connectivity index (χ3n) is 7.60. The number of aromatic nitrogens is 1. The van der Waals surface area contributed by atoms with Gasteiger partial charge in [0, 0.05) is 25.0 Å². The first-order chi connectivity index (χ1) is 15.0. The molecule has 5 rings (SSSR count). The molecule has 0 aromatic carbocycles. The van der Waals surface area contributed by atoms with E-state index in [0.29, 0.717) is 31.8 Å². The maximum Gasteiger partial charge on any atom is 0.243 e. The zero-order chi connectivity index (χ0) is 21.5. The number of hydrogen-bond donors (Lipinski definition) is 2. The largest absolute Gasteiger partial charge is 0.391 e. The van der Waals surface area contributed by atoms with Crippen LogP contribution in [0.15, 0.2) is 18.3 Å². The average Bonchev–Trinajstić information content (AvgIpc) is 3.45. The number of carbonyl (C=O) groups excluding carboxylic acids is 2. The number of anilines is 1. The van der Waals surface area contributed by atoms with E-state index in [1.165, 1.54) is 12.3 Å². The summed E-state index contributed by atoms with van der Waals surface area (Å²) in [5.41, 5.74) is 0. The maximum atomic E-state index is 13.4. The van der Waals surface area contributed by atoms with Gasteiger partial charge in [0.2, 0.25) is 11.8 Å². The summed E-state index contributed by atoms with van der Waals surface area (Å²) in [5.74, 6) is 0.734. The molecule has 0 spiro atoms. The van der Waals surface area contributed by atoms with Gasteiger partial charge in [-0.2, -0.15) is 0 Å². The first-order valence-electron chi connectivity index (χ1n) is 11.7. The molecule has 5 atom stereocenters. The molecule has 31 heavy (non-hydrogen) atoms. The van der Waals surface area contributed by atoms with E-state index in [9.17, 15) is 19.1 Å². The second-order valence-electron chi connectivity index (χ2n) is 9.62. The lowest BCUT2D eigenvalue weighted by molar-refractivity contribution is -0.144. The molecular formula is C23H31FN4O3. The van der Waals surface area contributed by atoms with Crippen molar-refractivity contribution in [3.8, 4) is 0 Å². The Morgan fingerprint density at radius 1 is 1.10 bits per heavy atom. The van der Waals surface area contributed by atoms with E-state index in [1.54, 1.807) is 6.07 Å². The second kappa shape index (κ2) is 8.37. The van der Waals surface area contributed by atoms with Gasteiger partial charge >= 0.3 is 0 Å². The molecule has 4 aliphatic rings. The summed E-state index contributed by atoms with van der Waals surface area (Å²) in [6.45, 7) is 1.39. The van der Waals surface area contributed by atoms with E-state index in [0.717, 1.165) is 44.3 Å². The number of halogens is 1. The summed E-state index contributed by atoms with van der Waals surface area (Å²) in [6.07, 6.45) is 7.44. The van der Waals surface area contributed by atoms with Gasteiger partial charge in [0.25, 0.3) is 0 Å². The maximum absolute atomic E-state index is 13.4. The molecule has 0 bridgehead atoms. The molecule has 0 radical (unpaired) electrons. The highest BCUT2D eigenvalue weighted by Gasteiger charge is 2.57. The Labute approximate surface area is 182 Å². The van der Waals surface area contributed by atoms with Crippen molar-refractivity contribution in [2.45, 2.75) is 75.6 Å². The molecular weight excluding hydrogens is 399 g/mol. The van der Waals surface area contributed by atoms with Crippen LogP contribution in [0.4, 0.5) is 10.2 Å². The van der Waals surface area contributed by atoms with Crippen molar-refractivity contribution in [1.29, 1.82) is 0 Å². The fraction of sp³-hybridized carbons (Fsp3) is 0.696. The molecule has 1 aromatic heterocycles. The SMILES string of the molecule is O=C(N[C@H]1CCCC[C@@H]1O)[C@H]1C[C@H]2C[C@H]2N1C(=O)C1CCN(c2ccc(F)cn2)CC1. The Morgan fingerprint density at radius 2 is 1.87 bits per heavy atom. The van der Waals surface area contributed by atoms with Crippen LogP contribution in [0, 0.1) is 17.7 Å². The molecule has 2 saturated carbocycles. The number of carbonyl (C=O) groups is 2. The molecule has 2 amide bonds. The lowest BCUT2D eigenvalue weighted by Gasteiger charge is -2.37. The van der Waals surface area contributed by atoms with Gasteiger partial charge in [0.15, 0.2) is 0 Å². The lowest BCUT2D eigenvalue weighted by Crippen LogP contribution is -2.55. The highest BCUT2D eigenvalue weighted by molar-refractivity contribution is 5.90. The van der Waals surface area contributed by atoms with E-state index >= 15 is 0 Å². The minimum absolute atomic E-state index is 0.0911. The first-order valence-corrected chi connectivity index (χ1v) is 11.7. The number of pyridine rings is 1. The number of likely N-dealkylation sites (tertiary alicyclic amines) is 1. The number of rotatable bonds is 4. The van der Waals surface area contributed by atoms with E-state index in [-0.39, 0.29) is 35.6 Å². The Kier molecular flexibility index (Phi) is 5.58. The fourth-order valence-electron chi connectivity index (χ4n) is 5.69. The Morgan fingerprint density at radius 3 is 2.58 bits per heavy atom. The standard InChI is InChI=1S/C23H31FN4O3/c24-16-5-6-21(25-13-16)27-9-7-14(8-10-27)23(31)28-18-11-15(18)12-19(28)22(30)26-17-3-1-2-4-20(17)29/h5-6,13-15,17-20,29H,1-4,7-12H2,(H,26,30)/t15-,17+,18-,19-,20+/m1/s1. The van der Waals surface area contributed by atoms with Crippen molar-refractivity contribution in [2.24, 2.45) is 11.8 Å². The van der Waals surface area contributed by atoms with Gasteiger partial charge in [0.05, 0.1) is 18.3 Å². The van der Waals surface area contributed by atoms with Crippen LogP contribution in [0.25, 0.3) is 0 Å². The number of aliphatic hydroxyl groups excluding tert-OH is 1. The minimum Gasteiger partial charge on any atom is -0.391 e. The van der Waals surface area contributed by atoms with Gasteiger partial charge in [-0.05, 0) is 56.6 Å². The van der Waals surface area contributed by atoms with Gasteiger partial charge in [0.1, 0.15) is 17.7 Å². The van der Waals surface area contributed by atoms with Crippen LogP contribution < -0.4 is 10.2 Å². The van der Waals surface area contributed by atoms with Gasteiger partial charge in [-0.3, -0.25) is 9.59 Å². The number of nitrogens with zero attached hydrogens (tertiary/aromatic N) is 3. The third kappa shape index (κ3) is 4.14. The van der Waals surface area contributed by atoms with Crippen molar-refractivity contribution in [3.63, 3.8) is 0 Å². The summed E-state index contributed by atoms with van der Waals surface area (Å²) < 4.78 is 13.1.